The van der Waals surface area contributed by atoms with E-state index in [1.54, 1.807) is 0 Å². The summed E-state index contributed by atoms with van der Waals surface area (Å²) >= 11 is 0. The lowest BCUT2D eigenvalue weighted by Gasteiger charge is -2.32. The maximum absolute atomic E-state index is 14.5. The van der Waals surface area contributed by atoms with Crippen LogP contribution >= 0.6 is 0 Å². The molecule has 9 nitrogen and oxygen atoms in total. The minimum absolute atomic E-state index is 0.000963. The lowest BCUT2D eigenvalue weighted by atomic mass is 9.79. The second-order valence-corrected chi connectivity index (χ2v) is 11.0. The number of alkyl halides is 3. The topological polar surface area (TPSA) is 126 Å². The van der Waals surface area contributed by atoms with Gasteiger partial charge in [0.1, 0.15) is 5.82 Å². The van der Waals surface area contributed by atoms with Crippen molar-refractivity contribution >= 4 is 51.2 Å². The van der Waals surface area contributed by atoms with Gasteiger partial charge < -0.3 is 19.4 Å². The number of sulfonamides is 1. The number of rotatable bonds is 6. The molecule has 0 atom stereocenters. The first-order chi connectivity index (χ1) is 17.4. The van der Waals surface area contributed by atoms with Crippen LogP contribution in [0.1, 0.15) is 33.3 Å². The van der Waals surface area contributed by atoms with Crippen molar-refractivity contribution in [2.24, 2.45) is 5.14 Å². The average molecular weight is 554 g/mol. The van der Waals surface area contributed by atoms with Crippen LogP contribution in [0.25, 0.3) is 17.0 Å². The smallest absolute Gasteiger partial charge is 0.404 e. The summed E-state index contributed by atoms with van der Waals surface area (Å²) in [5.74, 6) is -1.49. The van der Waals surface area contributed by atoms with Crippen molar-refractivity contribution in [3.05, 3.63) is 53.3 Å². The van der Waals surface area contributed by atoms with Crippen molar-refractivity contribution in [2.45, 2.75) is 45.3 Å². The van der Waals surface area contributed by atoms with Gasteiger partial charge in [0, 0.05) is 11.6 Å². The number of anilines is 2. The Hall–Kier alpha value is -3.27. The Morgan fingerprint density at radius 3 is 2.37 bits per heavy atom. The number of primary sulfonamides is 1. The van der Waals surface area contributed by atoms with Crippen molar-refractivity contribution in [1.82, 2.24) is 9.97 Å². The number of nitrogens with zero attached hydrogens (tertiary/aromatic N) is 2. The molecule has 0 amide bonds. The molecule has 0 aliphatic carbocycles. The van der Waals surface area contributed by atoms with Gasteiger partial charge in [-0.25, -0.2) is 27.9 Å². The number of hydrogen-bond donors (Lipinski definition) is 2. The highest BCUT2D eigenvalue weighted by Gasteiger charge is 2.51. The fourth-order valence-corrected chi connectivity index (χ4v) is 3.89. The third-order valence-electron chi connectivity index (χ3n) is 6.12. The van der Waals surface area contributed by atoms with E-state index >= 15 is 0 Å². The van der Waals surface area contributed by atoms with Gasteiger partial charge in [-0.3, -0.25) is 0 Å². The summed E-state index contributed by atoms with van der Waals surface area (Å²) in [6.45, 7) is 7.34. The van der Waals surface area contributed by atoms with E-state index in [1.165, 1.54) is 18.2 Å². The highest BCUT2D eigenvalue weighted by molar-refractivity contribution is 7.92. The SMILES string of the molecule is CC1(C)OB(c2ccc(OC(F)(F)F)c(Nc3ncc4c(F)cc(/C=C/S(N)(=O)=O)cc4n3)c2)OC1(C)C. The molecule has 1 aromatic heterocycles. The first-order valence-corrected chi connectivity index (χ1v) is 12.7. The number of nitrogens with two attached hydrogens (primary N) is 1. The molecule has 0 unspecified atom stereocenters. The van der Waals surface area contributed by atoms with Crippen LogP contribution in [0.5, 0.6) is 5.75 Å². The van der Waals surface area contributed by atoms with Gasteiger partial charge >= 0.3 is 13.5 Å². The van der Waals surface area contributed by atoms with E-state index in [0.29, 0.717) is 10.9 Å². The zero-order valence-corrected chi connectivity index (χ0v) is 21.4. The second-order valence-electron chi connectivity index (χ2n) is 9.54. The average Bonchev–Trinajstić information content (AvgIpc) is 2.99. The normalized spacial score (nSPS) is 17.3. The van der Waals surface area contributed by atoms with Crippen molar-refractivity contribution < 1.29 is 40.0 Å². The van der Waals surface area contributed by atoms with Crippen molar-refractivity contribution in [3.8, 4) is 5.75 Å². The lowest BCUT2D eigenvalue weighted by Crippen LogP contribution is -2.41. The summed E-state index contributed by atoms with van der Waals surface area (Å²) in [4.78, 5) is 8.16. The third-order valence-corrected chi connectivity index (χ3v) is 6.64. The molecule has 1 aliphatic rings. The Morgan fingerprint density at radius 2 is 1.76 bits per heavy atom. The zero-order valence-electron chi connectivity index (χ0n) is 20.6. The Balaban J connectivity index is 1.72. The Bertz CT molecular complexity index is 1510. The minimum atomic E-state index is -4.99. The molecule has 3 aromatic rings. The largest absolute Gasteiger partial charge is 0.573 e. The van der Waals surface area contributed by atoms with E-state index in [2.05, 4.69) is 20.0 Å². The van der Waals surface area contributed by atoms with Gasteiger partial charge in [0.15, 0.2) is 5.75 Å². The number of hydrogen-bond acceptors (Lipinski definition) is 8. The van der Waals surface area contributed by atoms with Crippen LogP contribution in [0.15, 0.2) is 41.9 Å². The van der Waals surface area contributed by atoms with E-state index in [9.17, 15) is 26.0 Å². The highest BCUT2D eigenvalue weighted by Crippen LogP contribution is 2.38. The standard InChI is InChI=1S/C23H23BF4N4O5S/c1-21(2)22(3,4)37-24(36-21)14-5-6-19(35-23(26,27)28)18(11-14)32-20-30-12-15-16(25)9-13(10-17(15)31-20)7-8-38(29,33)34/h5-12H,1-4H3,(H2,29,33,34)(H,30,31,32)/b8-7+. The molecule has 0 spiro atoms. The van der Waals surface area contributed by atoms with E-state index in [4.69, 9.17) is 14.4 Å². The van der Waals surface area contributed by atoms with Gasteiger partial charge in [0.05, 0.1) is 27.8 Å². The van der Waals surface area contributed by atoms with Crippen LogP contribution in [0, 0.1) is 5.82 Å². The molecule has 3 N–H and O–H groups in total. The fraction of sp³-hybridized carbons (Fsp3) is 0.304. The lowest BCUT2D eigenvalue weighted by molar-refractivity contribution is -0.274. The summed E-state index contributed by atoms with van der Waals surface area (Å²) in [5, 5.41) is 8.30. The Labute approximate surface area is 216 Å². The van der Waals surface area contributed by atoms with Crippen molar-refractivity contribution in [1.29, 1.82) is 0 Å². The predicted octanol–water partition coefficient (Wildman–Crippen LogP) is 3.97. The Morgan fingerprint density at radius 1 is 1.11 bits per heavy atom. The number of nitrogens with one attached hydrogen (secondary N) is 1. The summed E-state index contributed by atoms with van der Waals surface area (Å²) in [7, 11) is -4.83. The van der Waals surface area contributed by atoms with Crippen molar-refractivity contribution in [3.63, 3.8) is 0 Å². The summed E-state index contributed by atoms with van der Waals surface area (Å²) < 4.78 is 92.3. The minimum Gasteiger partial charge on any atom is -0.404 e. The number of ether oxygens (including phenoxy) is 1. The van der Waals surface area contributed by atoms with Gasteiger partial charge in [0.2, 0.25) is 16.0 Å². The second kappa shape index (κ2) is 9.49. The quantitative estimate of drug-likeness (QED) is 0.347. The molecule has 1 saturated heterocycles. The predicted molar refractivity (Wildman–Crippen MR) is 134 cm³/mol. The van der Waals surface area contributed by atoms with Crippen LogP contribution in [-0.2, 0) is 19.3 Å². The van der Waals surface area contributed by atoms with E-state index < -0.39 is 46.3 Å². The molecule has 15 heteroatoms. The molecular formula is C23H23BF4N4O5S. The van der Waals surface area contributed by atoms with Gasteiger partial charge in [-0.15, -0.1) is 13.2 Å². The summed E-state index contributed by atoms with van der Waals surface area (Å²) in [6.07, 6.45) is -2.77. The highest BCUT2D eigenvalue weighted by atomic mass is 32.2. The van der Waals surface area contributed by atoms with E-state index in [-0.39, 0.29) is 28.1 Å². The molecule has 1 fully saturated rings. The van der Waals surface area contributed by atoms with Crippen LogP contribution in [0.3, 0.4) is 0 Å². The fourth-order valence-electron chi connectivity index (χ4n) is 3.55. The molecule has 4 rings (SSSR count). The van der Waals surface area contributed by atoms with Crippen LogP contribution in [0.4, 0.5) is 29.2 Å². The maximum Gasteiger partial charge on any atom is 0.573 e. The summed E-state index contributed by atoms with van der Waals surface area (Å²) in [5.41, 5.74) is -0.933. The van der Waals surface area contributed by atoms with Crippen LogP contribution < -0.4 is 20.7 Å². The van der Waals surface area contributed by atoms with Gasteiger partial charge in [-0.05, 0) is 69.1 Å². The monoisotopic (exact) mass is 554 g/mol. The van der Waals surface area contributed by atoms with Crippen LogP contribution in [0.2, 0.25) is 0 Å². The van der Waals surface area contributed by atoms with Crippen molar-refractivity contribution in [2.75, 3.05) is 5.32 Å². The molecule has 38 heavy (non-hydrogen) atoms. The molecule has 0 saturated carbocycles. The number of fused-ring (bicyclic) bond motifs is 1. The molecule has 2 heterocycles. The molecule has 1 aliphatic heterocycles. The molecular weight excluding hydrogens is 531 g/mol. The Kier molecular flexibility index (Phi) is 6.93. The number of benzene rings is 2. The molecule has 0 bridgehead atoms. The summed E-state index contributed by atoms with van der Waals surface area (Å²) in [6, 6.07) is 6.26. The third kappa shape index (κ3) is 6.23. The molecule has 202 valence electrons. The van der Waals surface area contributed by atoms with Gasteiger partial charge in [0.25, 0.3) is 0 Å². The maximum atomic E-state index is 14.5. The first kappa shape index (κ1) is 27.8. The van der Waals surface area contributed by atoms with E-state index in [0.717, 1.165) is 24.4 Å². The molecule has 2 aromatic carbocycles. The van der Waals surface area contributed by atoms with Gasteiger partial charge in [-0.2, -0.15) is 0 Å². The molecule has 0 radical (unpaired) electrons. The zero-order chi connectivity index (χ0) is 28.1. The van der Waals surface area contributed by atoms with Crippen LogP contribution in [-0.4, -0.2) is 43.1 Å². The number of halogens is 4. The van der Waals surface area contributed by atoms with Gasteiger partial charge in [-0.1, -0.05) is 6.07 Å². The number of aromatic nitrogens is 2. The first-order valence-electron chi connectivity index (χ1n) is 11.1. The van der Waals surface area contributed by atoms with E-state index in [1.807, 2.05) is 27.7 Å².